The summed E-state index contributed by atoms with van der Waals surface area (Å²) in [5, 5.41) is 17.1. The van der Waals surface area contributed by atoms with E-state index in [9.17, 15) is 14.7 Å². The molecule has 2 aromatic rings. The first-order chi connectivity index (χ1) is 10.2. The number of carbonyl (C=O) groups excluding carboxylic acids is 1. The Bertz CT molecular complexity index is 739. The fourth-order valence-electron chi connectivity index (χ4n) is 3.82. The molecule has 108 valence electrons. The quantitative estimate of drug-likeness (QED) is 0.878. The van der Waals surface area contributed by atoms with Crippen LogP contribution in [0.2, 0.25) is 0 Å². The number of aromatic nitrogens is 2. The van der Waals surface area contributed by atoms with Gasteiger partial charge in [0.05, 0.1) is 11.4 Å². The lowest BCUT2D eigenvalue weighted by atomic mass is 9.89. The average molecular weight is 285 g/mol. The van der Waals surface area contributed by atoms with Crippen LogP contribution in [0.1, 0.15) is 29.8 Å². The van der Waals surface area contributed by atoms with E-state index in [1.54, 1.807) is 4.90 Å². The highest BCUT2D eigenvalue weighted by atomic mass is 16.4. The molecule has 6 heteroatoms. The number of hydrogen-bond acceptors (Lipinski definition) is 3. The van der Waals surface area contributed by atoms with Gasteiger partial charge in [-0.2, -0.15) is 5.10 Å². The summed E-state index contributed by atoms with van der Waals surface area (Å²) in [5.41, 5.74) is 1.22. The van der Waals surface area contributed by atoms with Crippen LogP contribution in [0.15, 0.2) is 24.3 Å². The zero-order chi connectivity index (χ0) is 14.6. The SMILES string of the molecule is O=C(O)C1CC2CCC1N2C(=O)c1n[nH]c2ccccc12. The Morgan fingerprint density at radius 2 is 2.10 bits per heavy atom. The molecular formula is C15H15N3O3. The molecule has 0 spiro atoms. The van der Waals surface area contributed by atoms with Crippen LogP contribution < -0.4 is 0 Å². The molecule has 6 nitrogen and oxygen atoms in total. The molecule has 2 fully saturated rings. The molecule has 2 aliphatic heterocycles. The first-order valence-corrected chi connectivity index (χ1v) is 7.15. The topological polar surface area (TPSA) is 86.3 Å². The second kappa shape index (κ2) is 4.31. The Labute approximate surface area is 120 Å². The molecule has 4 rings (SSSR count). The zero-order valence-electron chi connectivity index (χ0n) is 11.3. The molecule has 21 heavy (non-hydrogen) atoms. The number of aromatic amines is 1. The van der Waals surface area contributed by atoms with Crippen LogP contribution in [0.4, 0.5) is 0 Å². The fourth-order valence-corrected chi connectivity index (χ4v) is 3.82. The average Bonchev–Trinajstić information content (AvgIpc) is 3.18. The number of para-hydroxylation sites is 1. The van der Waals surface area contributed by atoms with Gasteiger partial charge in [0.15, 0.2) is 5.69 Å². The van der Waals surface area contributed by atoms with Gasteiger partial charge in [-0.25, -0.2) is 0 Å². The third-order valence-corrected chi connectivity index (χ3v) is 4.76. The van der Waals surface area contributed by atoms with Crippen molar-refractivity contribution in [3.05, 3.63) is 30.0 Å². The molecule has 0 aliphatic carbocycles. The van der Waals surface area contributed by atoms with Gasteiger partial charge >= 0.3 is 5.97 Å². The van der Waals surface area contributed by atoms with Crippen molar-refractivity contribution in [1.29, 1.82) is 0 Å². The molecule has 0 radical (unpaired) electrons. The van der Waals surface area contributed by atoms with Crippen molar-refractivity contribution in [2.24, 2.45) is 5.92 Å². The van der Waals surface area contributed by atoms with Gasteiger partial charge in [0, 0.05) is 17.5 Å². The highest BCUT2D eigenvalue weighted by Gasteiger charge is 2.51. The van der Waals surface area contributed by atoms with Crippen LogP contribution in [0.25, 0.3) is 10.9 Å². The lowest BCUT2D eigenvalue weighted by Crippen LogP contribution is -2.38. The van der Waals surface area contributed by atoms with Gasteiger partial charge in [0.25, 0.3) is 5.91 Å². The van der Waals surface area contributed by atoms with Crippen molar-refractivity contribution in [2.45, 2.75) is 31.3 Å². The first kappa shape index (κ1) is 12.4. The monoisotopic (exact) mass is 285 g/mol. The van der Waals surface area contributed by atoms with Crippen molar-refractivity contribution in [1.82, 2.24) is 15.1 Å². The molecule has 3 unspecified atom stereocenters. The predicted molar refractivity (Wildman–Crippen MR) is 74.8 cm³/mol. The van der Waals surface area contributed by atoms with E-state index in [1.165, 1.54) is 0 Å². The van der Waals surface area contributed by atoms with Crippen molar-refractivity contribution in [3.63, 3.8) is 0 Å². The standard InChI is InChI=1S/C15H15N3O3/c19-14(13-9-3-1-2-4-11(9)16-17-13)18-8-5-6-12(18)10(7-8)15(20)21/h1-4,8,10,12H,5-7H2,(H,16,17)(H,20,21). The maximum Gasteiger partial charge on any atom is 0.308 e. The van der Waals surface area contributed by atoms with Crippen LogP contribution in [0.5, 0.6) is 0 Å². The molecule has 3 atom stereocenters. The number of carboxylic acids is 1. The number of carbonyl (C=O) groups is 2. The summed E-state index contributed by atoms with van der Waals surface area (Å²) in [6.45, 7) is 0. The minimum atomic E-state index is -0.799. The minimum Gasteiger partial charge on any atom is -0.481 e. The highest BCUT2D eigenvalue weighted by molar-refractivity contribution is 6.05. The Morgan fingerprint density at radius 3 is 2.86 bits per heavy atom. The van der Waals surface area contributed by atoms with E-state index in [2.05, 4.69) is 10.2 Å². The van der Waals surface area contributed by atoms with Crippen LogP contribution in [0, 0.1) is 5.92 Å². The summed E-state index contributed by atoms with van der Waals surface area (Å²) in [6.07, 6.45) is 2.23. The van der Waals surface area contributed by atoms with Crippen molar-refractivity contribution in [3.8, 4) is 0 Å². The predicted octanol–water partition coefficient (Wildman–Crippen LogP) is 1.64. The number of amides is 1. The lowest BCUT2D eigenvalue weighted by Gasteiger charge is -2.22. The summed E-state index contributed by atoms with van der Waals surface area (Å²) in [4.78, 5) is 25.9. The van der Waals surface area contributed by atoms with E-state index in [-0.39, 0.29) is 18.0 Å². The van der Waals surface area contributed by atoms with Crippen LogP contribution >= 0.6 is 0 Å². The second-order valence-electron chi connectivity index (χ2n) is 5.81. The molecule has 2 bridgehead atoms. The summed E-state index contributed by atoms with van der Waals surface area (Å²) in [6, 6.07) is 7.34. The van der Waals surface area contributed by atoms with E-state index in [0.717, 1.165) is 23.7 Å². The van der Waals surface area contributed by atoms with E-state index in [0.29, 0.717) is 12.1 Å². The Kier molecular flexibility index (Phi) is 2.54. The van der Waals surface area contributed by atoms with Crippen molar-refractivity contribution in [2.75, 3.05) is 0 Å². The summed E-state index contributed by atoms with van der Waals surface area (Å²) in [5.74, 6) is -1.38. The molecule has 1 amide bonds. The summed E-state index contributed by atoms with van der Waals surface area (Å²) in [7, 11) is 0. The van der Waals surface area contributed by atoms with Gasteiger partial charge in [0.1, 0.15) is 0 Å². The van der Waals surface area contributed by atoms with Crippen LogP contribution in [0.3, 0.4) is 0 Å². The number of benzene rings is 1. The van der Waals surface area contributed by atoms with Crippen molar-refractivity contribution < 1.29 is 14.7 Å². The van der Waals surface area contributed by atoms with Gasteiger partial charge in [-0.15, -0.1) is 0 Å². The third kappa shape index (κ3) is 1.68. The maximum atomic E-state index is 12.8. The Morgan fingerprint density at radius 1 is 1.29 bits per heavy atom. The Hall–Kier alpha value is -2.37. The molecule has 3 heterocycles. The van der Waals surface area contributed by atoms with E-state index in [4.69, 9.17) is 0 Å². The Balaban J connectivity index is 1.71. The molecule has 2 N–H and O–H groups in total. The fraction of sp³-hybridized carbons (Fsp3) is 0.400. The van der Waals surface area contributed by atoms with Gasteiger partial charge in [-0.1, -0.05) is 18.2 Å². The highest BCUT2D eigenvalue weighted by Crippen LogP contribution is 2.42. The van der Waals surface area contributed by atoms with Crippen molar-refractivity contribution >= 4 is 22.8 Å². The number of hydrogen-bond donors (Lipinski definition) is 2. The number of nitrogens with one attached hydrogen (secondary N) is 1. The van der Waals surface area contributed by atoms with Crippen LogP contribution in [-0.4, -0.2) is 44.2 Å². The van der Waals surface area contributed by atoms with E-state index in [1.807, 2.05) is 24.3 Å². The molecule has 0 saturated carbocycles. The molecule has 1 aromatic heterocycles. The van der Waals surface area contributed by atoms with Gasteiger partial charge in [-0.3, -0.25) is 14.7 Å². The van der Waals surface area contributed by atoms with Gasteiger partial charge in [0.2, 0.25) is 0 Å². The molecular weight excluding hydrogens is 270 g/mol. The largest absolute Gasteiger partial charge is 0.481 e. The zero-order valence-corrected chi connectivity index (χ0v) is 11.3. The summed E-state index contributed by atoms with van der Waals surface area (Å²) >= 11 is 0. The molecule has 2 aliphatic rings. The van der Waals surface area contributed by atoms with E-state index < -0.39 is 11.9 Å². The number of aliphatic carboxylic acids is 1. The number of nitrogens with zero attached hydrogens (tertiary/aromatic N) is 2. The van der Waals surface area contributed by atoms with Crippen LogP contribution in [-0.2, 0) is 4.79 Å². The number of rotatable bonds is 2. The van der Waals surface area contributed by atoms with Gasteiger partial charge < -0.3 is 10.0 Å². The third-order valence-electron chi connectivity index (χ3n) is 4.76. The molecule has 2 saturated heterocycles. The number of fused-ring (bicyclic) bond motifs is 3. The smallest absolute Gasteiger partial charge is 0.308 e. The maximum absolute atomic E-state index is 12.8. The number of H-pyrrole nitrogens is 1. The number of carboxylic acid groups (broad SMARTS) is 1. The summed E-state index contributed by atoms with van der Waals surface area (Å²) < 4.78 is 0. The normalized spacial score (nSPS) is 27.4. The second-order valence-corrected chi connectivity index (χ2v) is 5.81. The van der Waals surface area contributed by atoms with Gasteiger partial charge in [-0.05, 0) is 25.3 Å². The molecule has 1 aromatic carbocycles. The van der Waals surface area contributed by atoms with E-state index >= 15 is 0 Å². The lowest BCUT2D eigenvalue weighted by molar-refractivity contribution is -0.142. The first-order valence-electron chi connectivity index (χ1n) is 7.15. The minimum absolute atomic E-state index is 0.0408.